The van der Waals surface area contributed by atoms with Crippen molar-refractivity contribution in [3.05, 3.63) is 23.8 Å². The summed E-state index contributed by atoms with van der Waals surface area (Å²) in [5.74, 6) is -0.451. The average Bonchev–Trinajstić information content (AvgIpc) is 2.52. The van der Waals surface area contributed by atoms with E-state index in [-0.39, 0.29) is 28.2 Å². The van der Waals surface area contributed by atoms with Gasteiger partial charge in [0.15, 0.2) is 0 Å². The third kappa shape index (κ3) is 4.43. The second-order valence-corrected chi connectivity index (χ2v) is 8.03. The fourth-order valence-electron chi connectivity index (χ4n) is 2.04. The Morgan fingerprint density at radius 3 is 2.39 bits per heavy atom. The molecule has 0 saturated heterocycles. The molecule has 1 aromatic rings. The SMILES string of the molecule is COC(=O)c1ccc(S(=O)(=O)N(C)CC(C)(C)CN)cc1OC. The number of rotatable bonds is 7. The summed E-state index contributed by atoms with van der Waals surface area (Å²) in [4.78, 5) is 11.7. The Balaban J connectivity index is 3.21. The zero-order valence-electron chi connectivity index (χ0n) is 14.1. The Morgan fingerprint density at radius 2 is 1.91 bits per heavy atom. The molecular formula is C15H24N2O5S. The van der Waals surface area contributed by atoms with E-state index in [0.717, 1.165) is 0 Å². The van der Waals surface area contributed by atoms with Crippen LogP contribution in [0.1, 0.15) is 24.2 Å². The molecule has 1 aromatic carbocycles. The highest BCUT2D eigenvalue weighted by atomic mass is 32.2. The van der Waals surface area contributed by atoms with Crippen molar-refractivity contribution < 1.29 is 22.7 Å². The second-order valence-electron chi connectivity index (χ2n) is 5.98. The molecule has 0 saturated carbocycles. The molecule has 1 rings (SSSR count). The number of ether oxygens (including phenoxy) is 2. The first-order chi connectivity index (χ1) is 10.6. The van der Waals surface area contributed by atoms with E-state index in [9.17, 15) is 13.2 Å². The second kappa shape index (κ2) is 7.29. The minimum Gasteiger partial charge on any atom is -0.496 e. The largest absolute Gasteiger partial charge is 0.496 e. The van der Waals surface area contributed by atoms with Gasteiger partial charge in [-0.2, -0.15) is 0 Å². The third-order valence-corrected chi connectivity index (χ3v) is 5.29. The van der Waals surface area contributed by atoms with E-state index in [1.54, 1.807) is 0 Å². The molecule has 2 N–H and O–H groups in total. The van der Waals surface area contributed by atoms with E-state index in [2.05, 4.69) is 4.74 Å². The molecule has 8 heteroatoms. The molecule has 0 amide bonds. The third-order valence-electron chi connectivity index (χ3n) is 3.49. The standard InChI is InChI=1S/C15H24N2O5S/c1-15(2,9-16)10-17(3)23(19,20)11-6-7-12(14(18)22-5)13(8-11)21-4/h6-8H,9-10,16H2,1-5H3. The van der Waals surface area contributed by atoms with E-state index in [1.165, 1.54) is 43.8 Å². The summed E-state index contributed by atoms with van der Waals surface area (Å²) in [7, 11) is 0.381. The van der Waals surface area contributed by atoms with Gasteiger partial charge in [-0.25, -0.2) is 17.5 Å². The van der Waals surface area contributed by atoms with Gasteiger partial charge in [-0.3, -0.25) is 0 Å². The summed E-state index contributed by atoms with van der Waals surface area (Å²) < 4.78 is 36.3. The van der Waals surface area contributed by atoms with Crippen molar-refractivity contribution in [2.75, 3.05) is 34.4 Å². The molecule has 7 nitrogen and oxygen atoms in total. The van der Waals surface area contributed by atoms with Crippen molar-refractivity contribution in [2.45, 2.75) is 18.7 Å². The molecular weight excluding hydrogens is 320 g/mol. The van der Waals surface area contributed by atoms with Gasteiger partial charge in [-0.15, -0.1) is 0 Å². The van der Waals surface area contributed by atoms with Crippen molar-refractivity contribution in [3.8, 4) is 5.75 Å². The van der Waals surface area contributed by atoms with Crippen molar-refractivity contribution in [1.82, 2.24) is 4.31 Å². The van der Waals surface area contributed by atoms with Crippen LogP contribution in [0.4, 0.5) is 0 Å². The van der Waals surface area contributed by atoms with E-state index in [0.29, 0.717) is 6.54 Å². The Bertz CT molecular complexity index is 670. The summed E-state index contributed by atoms with van der Waals surface area (Å²) in [6.07, 6.45) is 0. The highest BCUT2D eigenvalue weighted by molar-refractivity contribution is 7.89. The lowest BCUT2D eigenvalue weighted by atomic mass is 9.94. The predicted octanol–water partition coefficient (Wildman–Crippen LogP) is 1.09. The normalized spacial score (nSPS) is 12.3. The molecule has 0 bridgehead atoms. The van der Waals surface area contributed by atoms with E-state index >= 15 is 0 Å². The highest BCUT2D eigenvalue weighted by Gasteiger charge is 2.28. The molecule has 0 aromatic heterocycles. The van der Waals surface area contributed by atoms with Crippen LogP contribution in [0.25, 0.3) is 0 Å². The lowest BCUT2D eigenvalue weighted by Gasteiger charge is -2.28. The Labute approximate surface area is 137 Å². The van der Waals surface area contributed by atoms with Gasteiger partial charge in [0.1, 0.15) is 11.3 Å². The number of nitrogens with zero attached hydrogens (tertiary/aromatic N) is 1. The van der Waals surface area contributed by atoms with E-state index in [1.807, 2.05) is 13.8 Å². The van der Waals surface area contributed by atoms with Crippen LogP contribution < -0.4 is 10.5 Å². The van der Waals surface area contributed by atoms with Crippen LogP contribution in [0, 0.1) is 5.41 Å². The van der Waals surface area contributed by atoms with Crippen molar-refractivity contribution >= 4 is 16.0 Å². The molecule has 23 heavy (non-hydrogen) atoms. The van der Waals surface area contributed by atoms with Gasteiger partial charge in [0, 0.05) is 19.7 Å². The number of carbonyl (C=O) groups is 1. The number of nitrogens with two attached hydrogens (primary N) is 1. The van der Waals surface area contributed by atoms with Crippen molar-refractivity contribution in [1.29, 1.82) is 0 Å². The molecule has 0 aliphatic heterocycles. The Morgan fingerprint density at radius 1 is 1.30 bits per heavy atom. The number of sulfonamides is 1. The molecule has 0 unspecified atom stereocenters. The molecule has 0 aliphatic rings. The lowest BCUT2D eigenvalue weighted by molar-refractivity contribution is 0.0597. The first-order valence-corrected chi connectivity index (χ1v) is 8.46. The predicted molar refractivity (Wildman–Crippen MR) is 87.0 cm³/mol. The Hall–Kier alpha value is -1.64. The molecule has 0 spiro atoms. The maximum atomic E-state index is 12.7. The number of hydrogen-bond donors (Lipinski definition) is 1. The number of methoxy groups -OCH3 is 2. The van der Waals surface area contributed by atoms with Crippen LogP contribution in [0.15, 0.2) is 23.1 Å². The molecule has 0 radical (unpaired) electrons. The summed E-state index contributed by atoms with van der Waals surface area (Å²) >= 11 is 0. The summed E-state index contributed by atoms with van der Waals surface area (Å²) in [5, 5.41) is 0. The highest BCUT2D eigenvalue weighted by Crippen LogP contribution is 2.26. The quantitative estimate of drug-likeness (QED) is 0.743. The van der Waals surface area contributed by atoms with Crippen LogP contribution in [0.5, 0.6) is 5.75 Å². The molecule has 0 heterocycles. The zero-order valence-corrected chi connectivity index (χ0v) is 14.9. The topological polar surface area (TPSA) is 98.9 Å². The fourth-order valence-corrected chi connectivity index (χ4v) is 3.42. The lowest BCUT2D eigenvalue weighted by Crippen LogP contribution is -2.39. The van der Waals surface area contributed by atoms with Crippen LogP contribution >= 0.6 is 0 Å². The van der Waals surface area contributed by atoms with E-state index in [4.69, 9.17) is 10.5 Å². The maximum Gasteiger partial charge on any atom is 0.341 e. The van der Waals surface area contributed by atoms with Crippen LogP contribution in [-0.2, 0) is 14.8 Å². The molecule has 130 valence electrons. The van der Waals surface area contributed by atoms with Crippen LogP contribution in [0.2, 0.25) is 0 Å². The summed E-state index contributed by atoms with van der Waals surface area (Å²) in [5.41, 5.74) is 5.47. The maximum absolute atomic E-state index is 12.7. The molecule has 0 aliphatic carbocycles. The number of esters is 1. The van der Waals surface area contributed by atoms with Crippen molar-refractivity contribution in [2.24, 2.45) is 11.1 Å². The Kier molecular flexibility index (Phi) is 6.15. The van der Waals surface area contributed by atoms with Crippen LogP contribution in [-0.4, -0.2) is 53.0 Å². The smallest absolute Gasteiger partial charge is 0.341 e. The molecule has 0 fully saturated rings. The van der Waals surface area contributed by atoms with Gasteiger partial charge in [0.2, 0.25) is 10.0 Å². The number of hydrogen-bond acceptors (Lipinski definition) is 6. The summed E-state index contributed by atoms with van der Waals surface area (Å²) in [6.45, 7) is 4.41. The van der Waals surface area contributed by atoms with Gasteiger partial charge in [0.05, 0.1) is 19.1 Å². The number of carbonyl (C=O) groups excluding carboxylic acids is 1. The van der Waals surface area contributed by atoms with Crippen molar-refractivity contribution in [3.63, 3.8) is 0 Å². The minimum atomic E-state index is -3.72. The average molecular weight is 344 g/mol. The molecule has 0 atom stereocenters. The fraction of sp³-hybridized carbons (Fsp3) is 0.533. The minimum absolute atomic E-state index is 0.0392. The number of benzene rings is 1. The first-order valence-electron chi connectivity index (χ1n) is 7.02. The summed E-state index contributed by atoms with van der Waals surface area (Å²) in [6, 6.07) is 4.04. The first kappa shape index (κ1) is 19.4. The van der Waals surface area contributed by atoms with Crippen LogP contribution in [0.3, 0.4) is 0 Å². The van der Waals surface area contributed by atoms with Gasteiger partial charge in [-0.1, -0.05) is 13.8 Å². The van der Waals surface area contributed by atoms with Gasteiger partial charge >= 0.3 is 5.97 Å². The van der Waals surface area contributed by atoms with E-state index < -0.39 is 16.0 Å². The monoisotopic (exact) mass is 344 g/mol. The van der Waals surface area contributed by atoms with Gasteiger partial charge < -0.3 is 15.2 Å². The van der Waals surface area contributed by atoms with Gasteiger partial charge in [-0.05, 0) is 24.1 Å². The van der Waals surface area contributed by atoms with Gasteiger partial charge in [0.25, 0.3) is 0 Å². The zero-order chi connectivity index (χ0) is 17.8.